The minimum Gasteiger partial charge on any atom is -0.397 e. The van der Waals surface area contributed by atoms with Crippen LogP contribution in [0.4, 0.5) is 5.69 Å². The van der Waals surface area contributed by atoms with Gasteiger partial charge in [-0.15, -0.1) is 0 Å². The predicted molar refractivity (Wildman–Crippen MR) is 67.9 cm³/mol. The summed E-state index contributed by atoms with van der Waals surface area (Å²) in [5.41, 5.74) is 7.28. The summed E-state index contributed by atoms with van der Waals surface area (Å²) in [4.78, 5) is 16.0. The lowest BCUT2D eigenvalue weighted by atomic mass is 10.2. The molecule has 3 N–H and O–H groups in total. The molecule has 1 amide bonds. The maximum Gasteiger partial charge on any atom is 0.253 e. The molecule has 0 saturated heterocycles. The number of nitrogens with two attached hydrogens (primary N) is 1. The van der Waals surface area contributed by atoms with Crippen molar-refractivity contribution in [2.45, 2.75) is 13.5 Å². The Morgan fingerprint density at radius 2 is 2.39 bits per heavy atom. The standard InChI is InChI=1S/C12H15N5O/c1-9-11(7-10(13)8-15-9)12(18)14-4-6-17-5-2-3-16-17/h2-3,5,7-8H,4,6,13H2,1H3,(H,14,18). The van der Waals surface area contributed by atoms with Gasteiger partial charge in [-0.25, -0.2) is 0 Å². The van der Waals surface area contributed by atoms with Gasteiger partial charge in [-0.3, -0.25) is 14.5 Å². The molecule has 2 rings (SSSR count). The summed E-state index contributed by atoms with van der Waals surface area (Å²) >= 11 is 0. The van der Waals surface area contributed by atoms with Crippen LogP contribution in [-0.2, 0) is 6.54 Å². The lowest BCUT2D eigenvalue weighted by Crippen LogP contribution is -2.28. The number of hydrogen-bond donors (Lipinski definition) is 2. The van der Waals surface area contributed by atoms with Gasteiger partial charge in [-0.1, -0.05) is 0 Å². The van der Waals surface area contributed by atoms with Crippen LogP contribution in [0.2, 0.25) is 0 Å². The molecule has 94 valence electrons. The van der Waals surface area contributed by atoms with Crippen molar-refractivity contribution in [1.29, 1.82) is 0 Å². The van der Waals surface area contributed by atoms with E-state index in [0.29, 0.717) is 30.0 Å². The fourth-order valence-electron chi connectivity index (χ4n) is 1.59. The molecule has 0 fully saturated rings. The van der Waals surface area contributed by atoms with E-state index in [1.54, 1.807) is 23.9 Å². The maximum atomic E-state index is 11.9. The summed E-state index contributed by atoms with van der Waals surface area (Å²) in [6.07, 6.45) is 5.09. The molecule has 0 saturated carbocycles. The van der Waals surface area contributed by atoms with Crippen LogP contribution >= 0.6 is 0 Å². The highest BCUT2D eigenvalue weighted by Crippen LogP contribution is 2.08. The molecule has 0 spiro atoms. The largest absolute Gasteiger partial charge is 0.397 e. The number of carbonyl (C=O) groups is 1. The molecular weight excluding hydrogens is 230 g/mol. The average molecular weight is 245 g/mol. The molecule has 0 unspecified atom stereocenters. The third kappa shape index (κ3) is 2.85. The Morgan fingerprint density at radius 3 is 3.11 bits per heavy atom. The maximum absolute atomic E-state index is 11.9. The minimum atomic E-state index is -0.167. The molecule has 6 nitrogen and oxygen atoms in total. The Bertz CT molecular complexity index is 535. The van der Waals surface area contributed by atoms with Gasteiger partial charge >= 0.3 is 0 Å². The molecule has 0 radical (unpaired) electrons. The quantitative estimate of drug-likeness (QED) is 0.825. The fourth-order valence-corrected chi connectivity index (χ4v) is 1.59. The first-order chi connectivity index (χ1) is 8.66. The first kappa shape index (κ1) is 12.1. The summed E-state index contributed by atoms with van der Waals surface area (Å²) in [6.45, 7) is 2.92. The first-order valence-electron chi connectivity index (χ1n) is 5.64. The van der Waals surface area contributed by atoms with E-state index in [1.807, 2.05) is 12.3 Å². The number of hydrogen-bond acceptors (Lipinski definition) is 4. The number of nitrogen functional groups attached to an aromatic ring is 1. The molecule has 18 heavy (non-hydrogen) atoms. The van der Waals surface area contributed by atoms with E-state index in [4.69, 9.17) is 5.73 Å². The van der Waals surface area contributed by atoms with Crippen molar-refractivity contribution in [3.05, 3.63) is 42.0 Å². The van der Waals surface area contributed by atoms with Crippen LogP contribution in [0.1, 0.15) is 16.1 Å². The van der Waals surface area contributed by atoms with Gasteiger partial charge in [0.15, 0.2) is 0 Å². The fraction of sp³-hybridized carbons (Fsp3) is 0.250. The Labute approximate surface area is 105 Å². The van der Waals surface area contributed by atoms with E-state index in [2.05, 4.69) is 15.4 Å². The number of amides is 1. The lowest BCUT2D eigenvalue weighted by Gasteiger charge is -2.08. The number of anilines is 1. The number of nitrogens with zero attached hydrogens (tertiary/aromatic N) is 3. The molecule has 0 aliphatic heterocycles. The molecule has 6 heteroatoms. The zero-order valence-electron chi connectivity index (χ0n) is 10.1. The Kier molecular flexibility index (Phi) is 3.57. The third-order valence-corrected chi connectivity index (χ3v) is 2.54. The van der Waals surface area contributed by atoms with Gasteiger partial charge in [-0.2, -0.15) is 5.10 Å². The van der Waals surface area contributed by atoms with Gasteiger partial charge in [0.25, 0.3) is 5.91 Å². The van der Waals surface area contributed by atoms with Crippen molar-refractivity contribution >= 4 is 11.6 Å². The summed E-state index contributed by atoms with van der Waals surface area (Å²) < 4.78 is 1.75. The molecular formula is C12H15N5O. The van der Waals surface area contributed by atoms with Crippen molar-refractivity contribution in [2.75, 3.05) is 12.3 Å². The SMILES string of the molecule is Cc1ncc(N)cc1C(=O)NCCn1cccn1. The van der Waals surface area contributed by atoms with E-state index in [-0.39, 0.29) is 5.91 Å². The summed E-state index contributed by atoms with van der Waals surface area (Å²) in [7, 11) is 0. The molecule has 0 aromatic carbocycles. The molecule has 2 aromatic heterocycles. The smallest absolute Gasteiger partial charge is 0.253 e. The van der Waals surface area contributed by atoms with Gasteiger partial charge in [-0.05, 0) is 19.1 Å². The van der Waals surface area contributed by atoms with Crippen LogP contribution < -0.4 is 11.1 Å². The van der Waals surface area contributed by atoms with Gasteiger partial charge < -0.3 is 11.1 Å². The monoisotopic (exact) mass is 245 g/mol. The topological polar surface area (TPSA) is 85.8 Å². The van der Waals surface area contributed by atoms with Crippen LogP contribution in [0.5, 0.6) is 0 Å². The number of rotatable bonds is 4. The van der Waals surface area contributed by atoms with E-state index in [0.717, 1.165) is 0 Å². The Balaban J connectivity index is 1.93. The van der Waals surface area contributed by atoms with Gasteiger partial charge in [0.1, 0.15) is 0 Å². The normalized spacial score (nSPS) is 10.3. The van der Waals surface area contributed by atoms with Gasteiger partial charge in [0.2, 0.25) is 0 Å². The first-order valence-corrected chi connectivity index (χ1v) is 5.64. The average Bonchev–Trinajstić information content (AvgIpc) is 2.85. The van der Waals surface area contributed by atoms with Crippen molar-refractivity contribution < 1.29 is 4.79 Å². The molecule has 2 heterocycles. The zero-order valence-corrected chi connectivity index (χ0v) is 10.1. The van der Waals surface area contributed by atoms with Crippen LogP contribution in [0.15, 0.2) is 30.7 Å². The van der Waals surface area contributed by atoms with E-state index in [9.17, 15) is 4.79 Å². The van der Waals surface area contributed by atoms with Crippen LogP contribution in [-0.4, -0.2) is 27.2 Å². The number of pyridine rings is 1. The molecule has 0 atom stereocenters. The second-order valence-electron chi connectivity index (χ2n) is 3.93. The lowest BCUT2D eigenvalue weighted by molar-refractivity contribution is 0.0951. The molecule has 0 aliphatic rings. The minimum absolute atomic E-state index is 0.167. The van der Waals surface area contributed by atoms with E-state index < -0.39 is 0 Å². The summed E-state index contributed by atoms with van der Waals surface area (Å²) in [5.74, 6) is -0.167. The highest BCUT2D eigenvalue weighted by molar-refractivity contribution is 5.95. The molecule has 2 aromatic rings. The number of nitrogens with one attached hydrogen (secondary N) is 1. The van der Waals surface area contributed by atoms with Crippen molar-refractivity contribution in [2.24, 2.45) is 0 Å². The number of aromatic nitrogens is 3. The zero-order chi connectivity index (χ0) is 13.0. The highest BCUT2D eigenvalue weighted by atomic mass is 16.1. The van der Waals surface area contributed by atoms with Crippen LogP contribution in [0.3, 0.4) is 0 Å². The van der Waals surface area contributed by atoms with Crippen molar-refractivity contribution in [3.8, 4) is 0 Å². The summed E-state index contributed by atoms with van der Waals surface area (Å²) in [6, 6.07) is 3.47. The van der Waals surface area contributed by atoms with E-state index in [1.165, 1.54) is 6.20 Å². The second-order valence-corrected chi connectivity index (χ2v) is 3.93. The van der Waals surface area contributed by atoms with Crippen molar-refractivity contribution in [3.63, 3.8) is 0 Å². The van der Waals surface area contributed by atoms with Crippen molar-refractivity contribution in [1.82, 2.24) is 20.1 Å². The number of aryl methyl sites for hydroxylation is 1. The number of carbonyl (C=O) groups excluding carboxylic acids is 1. The third-order valence-electron chi connectivity index (χ3n) is 2.54. The van der Waals surface area contributed by atoms with Gasteiger partial charge in [0, 0.05) is 18.9 Å². The Morgan fingerprint density at radius 1 is 1.56 bits per heavy atom. The molecule has 0 aliphatic carbocycles. The van der Waals surface area contributed by atoms with Gasteiger partial charge in [0.05, 0.1) is 29.7 Å². The molecule has 0 bridgehead atoms. The Hall–Kier alpha value is -2.37. The highest BCUT2D eigenvalue weighted by Gasteiger charge is 2.09. The second kappa shape index (κ2) is 5.31. The predicted octanol–water partition coefficient (Wildman–Crippen LogP) is 0.599. The van der Waals surface area contributed by atoms with E-state index >= 15 is 0 Å². The van der Waals surface area contributed by atoms with Crippen LogP contribution in [0.25, 0.3) is 0 Å². The summed E-state index contributed by atoms with van der Waals surface area (Å²) in [5, 5.41) is 6.86. The van der Waals surface area contributed by atoms with Crippen LogP contribution in [0, 0.1) is 6.92 Å².